The van der Waals surface area contributed by atoms with Gasteiger partial charge in [-0.1, -0.05) is 24.7 Å². The number of nitrogen functional groups attached to an aromatic ring is 1. The van der Waals surface area contributed by atoms with Crippen LogP contribution in [0.25, 0.3) is 10.2 Å². The van der Waals surface area contributed by atoms with E-state index in [1.54, 1.807) is 4.57 Å². The van der Waals surface area contributed by atoms with Gasteiger partial charge in [-0.05, 0) is 18.6 Å². The van der Waals surface area contributed by atoms with Gasteiger partial charge in [0.15, 0.2) is 0 Å². The molecule has 1 aromatic heterocycles. The number of benzene rings is 1. The highest BCUT2D eigenvalue weighted by Gasteiger charge is 2.10. The Labute approximate surface area is 96.3 Å². The molecule has 0 saturated carbocycles. The summed E-state index contributed by atoms with van der Waals surface area (Å²) in [5.74, 6) is -0.462. The molecule has 2 rings (SSSR count). The van der Waals surface area contributed by atoms with Crippen molar-refractivity contribution >= 4 is 27.2 Å². The molecule has 0 aliphatic carbocycles. The van der Waals surface area contributed by atoms with Crippen molar-refractivity contribution in [3.05, 3.63) is 27.6 Å². The van der Waals surface area contributed by atoms with Gasteiger partial charge < -0.3 is 5.73 Å². The highest BCUT2D eigenvalue weighted by atomic mass is 32.1. The van der Waals surface area contributed by atoms with E-state index in [4.69, 9.17) is 5.73 Å². The Kier molecular flexibility index (Phi) is 2.96. The van der Waals surface area contributed by atoms with Crippen molar-refractivity contribution in [3.8, 4) is 0 Å². The Morgan fingerprint density at radius 2 is 2.25 bits per heavy atom. The van der Waals surface area contributed by atoms with Gasteiger partial charge in [-0.25, -0.2) is 4.39 Å². The van der Waals surface area contributed by atoms with Crippen molar-refractivity contribution in [2.75, 3.05) is 5.73 Å². The normalized spacial score (nSPS) is 11.1. The van der Waals surface area contributed by atoms with Crippen LogP contribution in [-0.2, 0) is 6.54 Å². The third kappa shape index (κ3) is 1.82. The zero-order valence-electron chi connectivity index (χ0n) is 9.00. The van der Waals surface area contributed by atoms with Crippen LogP contribution in [0, 0.1) is 5.82 Å². The van der Waals surface area contributed by atoms with Crippen molar-refractivity contribution in [2.24, 2.45) is 0 Å². The molecule has 2 N–H and O–H groups in total. The minimum absolute atomic E-state index is 0.0477. The first-order valence-corrected chi connectivity index (χ1v) is 6.03. The summed E-state index contributed by atoms with van der Waals surface area (Å²) in [6.45, 7) is 2.73. The lowest BCUT2D eigenvalue weighted by Gasteiger charge is -2.03. The number of hydrogen-bond acceptors (Lipinski definition) is 3. The Morgan fingerprint density at radius 1 is 1.50 bits per heavy atom. The summed E-state index contributed by atoms with van der Waals surface area (Å²) < 4.78 is 15.5. The second-order valence-corrected chi connectivity index (χ2v) is 4.71. The molecule has 0 amide bonds. The van der Waals surface area contributed by atoms with Crippen LogP contribution < -0.4 is 10.6 Å². The van der Waals surface area contributed by atoms with E-state index < -0.39 is 5.82 Å². The topological polar surface area (TPSA) is 48.0 Å². The third-order valence-corrected chi connectivity index (χ3v) is 3.46. The third-order valence-electron chi connectivity index (χ3n) is 2.52. The van der Waals surface area contributed by atoms with Gasteiger partial charge in [-0.2, -0.15) is 0 Å². The Balaban J connectivity index is 2.60. The van der Waals surface area contributed by atoms with Crippen LogP contribution in [0.4, 0.5) is 10.1 Å². The summed E-state index contributed by atoms with van der Waals surface area (Å²) in [7, 11) is 0. The molecule has 16 heavy (non-hydrogen) atoms. The lowest BCUT2D eigenvalue weighted by atomic mass is 10.2. The number of halogens is 1. The first kappa shape index (κ1) is 11.1. The summed E-state index contributed by atoms with van der Waals surface area (Å²) in [6.07, 6.45) is 1.95. The number of unbranched alkanes of at least 4 members (excludes halogenated alkanes) is 1. The molecule has 0 spiro atoms. The molecule has 2 aromatic rings. The molecule has 1 heterocycles. The number of nitrogens with zero attached hydrogens (tertiary/aromatic N) is 1. The Morgan fingerprint density at radius 3 is 2.94 bits per heavy atom. The summed E-state index contributed by atoms with van der Waals surface area (Å²) >= 11 is 1.06. The minimum atomic E-state index is -0.462. The predicted octanol–water partition coefficient (Wildman–Crippen LogP) is 2.58. The largest absolute Gasteiger partial charge is 0.396 e. The first-order chi connectivity index (χ1) is 7.63. The fourth-order valence-electron chi connectivity index (χ4n) is 1.63. The van der Waals surface area contributed by atoms with E-state index in [2.05, 4.69) is 6.92 Å². The van der Waals surface area contributed by atoms with Gasteiger partial charge in [0.1, 0.15) is 5.82 Å². The molecular weight excluding hydrogens is 227 g/mol. The fourth-order valence-corrected chi connectivity index (χ4v) is 2.55. The van der Waals surface area contributed by atoms with Crippen LogP contribution >= 0.6 is 11.3 Å². The zero-order valence-corrected chi connectivity index (χ0v) is 9.81. The summed E-state index contributed by atoms with van der Waals surface area (Å²) in [5, 5.41) is 0. The standard InChI is InChI=1S/C11H13FN2OS/c1-2-3-4-14-9-6-8(13)7(12)5-10(9)16-11(14)15/h5-6H,2-4,13H2,1H3. The number of hydrogen-bond donors (Lipinski definition) is 1. The van der Waals surface area contributed by atoms with Crippen LogP contribution in [0.2, 0.25) is 0 Å². The fraction of sp³-hybridized carbons (Fsp3) is 0.364. The maximum absolute atomic E-state index is 13.2. The quantitative estimate of drug-likeness (QED) is 0.838. The molecule has 0 unspecified atom stereocenters. The monoisotopic (exact) mass is 240 g/mol. The highest BCUT2D eigenvalue weighted by Crippen LogP contribution is 2.23. The predicted molar refractivity (Wildman–Crippen MR) is 65.4 cm³/mol. The number of anilines is 1. The average Bonchev–Trinajstić information content (AvgIpc) is 2.52. The molecule has 0 fully saturated rings. The van der Waals surface area contributed by atoms with Crippen molar-refractivity contribution in [3.63, 3.8) is 0 Å². The molecule has 1 aromatic carbocycles. The van der Waals surface area contributed by atoms with Crippen LogP contribution in [-0.4, -0.2) is 4.57 Å². The van der Waals surface area contributed by atoms with Gasteiger partial charge >= 0.3 is 4.87 Å². The SMILES string of the molecule is CCCCn1c(=O)sc2cc(F)c(N)cc21. The van der Waals surface area contributed by atoms with Gasteiger partial charge in [-0.15, -0.1) is 0 Å². The second-order valence-electron chi connectivity index (χ2n) is 3.71. The molecule has 86 valence electrons. The van der Waals surface area contributed by atoms with E-state index in [0.29, 0.717) is 11.2 Å². The number of nitrogens with two attached hydrogens (primary N) is 1. The van der Waals surface area contributed by atoms with E-state index in [0.717, 1.165) is 29.7 Å². The Hall–Kier alpha value is -1.36. The van der Waals surface area contributed by atoms with Crippen molar-refractivity contribution in [1.82, 2.24) is 4.57 Å². The van der Waals surface area contributed by atoms with Crippen molar-refractivity contribution < 1.29 is 4.39 Å². The maximum Gasteiger partial charge on any atom is 0.308 e. The number of aromatic nitrogens is 1. The van der Waals surface area contributed by atoms with Gasteiger partial charge in [-0.3, -0.25) is 9.36 Å². The van der Waals surface area contributed by atoms with Crippen molar-refractivity contribution in [1.29, 1.82) is 0 Å². The van der Waals surface area contributed by atoms with E-state index in [9.17, 15) is 9.18 Å². The average molecular weight is 240 g/mol. The number of fused-ring (bicyclic) bond motifs is 1. The number of aryl methyl sites for hydroxylation is 1. The molecule has 0 radical (unpaired) electrons. The molecule has 0 saturated heterocycles. The molecule has 0 aliphatic rings. The molecule has 0 bridgehead atoms. The Bertz CT molecular complexity index is 573. The number of rotatable bonds is 3. The molecule has 3 nitrogen and oxygen atoms in total. The van der Waals surface area contributed by atoms with E-state index in [1.165, 1.54) is 12.1 Å². The summed E-state index contributed by atoms with van der Waals surface area (Å²) in [6, 6.07) is 2.87. The second kappa shape index (κ2) is 4.25. The molecule has 0 atom stereocenters. The van der Waals surface area contributed by atoms with Crippen LogP contribution in [0.1, 0.15) is 19.8 Å². The first-order valence-electron chi connectivity index (χ1n) is 5.22. The summed E-state index contributed by atoms with van der Waals surface area (Å²) in [4.78, 5) is 11.6. The smallest absolute Gasteiger partial charge is 0.308 e. The lowest BCUT2D eigenvalue weighted by molar-refractivity contribution is 0.630. The van der Waals surface area contributed by atoms with Gasteiger partial charge in [0.25, 0.3) is 0 Å². The van der Waals surface area contributed by atoms with Crippen LogP contribution in [0.3, 0.4) is 0 Å². The lowest BCUT2D eigenvalue weighted by Crippen LogP contribution is -2.12. The van der Waals surface area contributed by atoms with Gasteiger partial charge in [0, 0.05) is 6.54 Å². The maximum atomic E-state index is 13.2. The minimum Gasteiger partial charge on any atom is -0.396 e. The highest BCUT2D eigenvalue weighted by molar-refractivity contribution is 7.16. The molecule has 0 aliphatic heterocycles. The van der Waals surface area contributed by atoms with Crippen molar-refractivity contribution in [2.45, 2.75) is 26.3 Å². The van der Waals surface area contributed by atoms with Gasteiger partial charge in [0.05, 0.1) is 15.9 Å². The van der Waals surface area contributed by atoms with Crippen LogP contribution in [0.5, 0.6) is 0 Å². The van der Waals surface area contributed by atoms with Crippen LogP contribution in [0.15, 0.2) is 16.9 Å². The zero-order chi connectivity index (χ0) is 11.7. The number of thiazole rings is 1. The van der Waals surface area contributed by atoms with E-state index in [1.807, 2.05) is 0 Å². The van der Waals surface area contributed by atoms with E-state index in [-0.39, 0.29) is 10.6 Å². The van der Waals surface area contributed by atoms with Gasteiger partial charge in [0.2, 0.25) is 0 Å². The molecular formula is C11H13FN2OS. The summed E-state index contributed by atoms with van der Waals surface area (Å²) in [5.41, 5.74) is 6.34. The molecule has 5 heteroatoms. The van der Waals surface area contributed by atoms with E-state index >= 15 is 0 Å².